The van der Waals surface area contributed by atoms with Gasteiger partial charge in [0.2, 0.25) is 5.91 Å². The zero-order valence-corrected chi connectivity index (χ0v) is 15.3. The Hall–Kier alpha value is -3.56. The predicted octanol–water partition coefficient (Wildman–Crippen LogP) is 1.14. The van der Waals surface area contributed by atoms with E-state index in [4.69, 9.17) is 28.7 Å². The molecule has 6 heteroatoms. The van der Waals surface area contributed by atoms with Crippen molar-refractivity contribution in [3.63, 3.8) is 0 Å². The van der Waals surface area contributed by atoms with Gasteiger partial charge >= 0.3 is 0 Å². The number of hydrogen-bond donors (Lipinski definition) is 2. The zero-order valence-electron chi connectivity index (χ0n) is 15.3. The molecule has 1 rings (SSSR count). The molecule has 2 N–H and O–H groups in total. The number of nitrogens with one attached hydrogen (secondary N) is 2. The van der Waals surface area contributed by atoms with E-state index in [0.717, 1.165) is 5.56 Å². The molecular formula is C21H22N2O4. The summed E-state index contributed by atoms with van der Waals surface area (Å²) in [5, 5.41) is 5.31. The van der Waals surface area contributed by atoms with Crippen LogP contribution in [0.1, 0.15) is 29.3 Å². The first kappa shape index (κ1) is 21.5. The fraction of sp³-hybridized carbons (Fsp3) is 0.333. The van der Waals surface area contributed by atoms with E-state index in [0.29, 0.717) is 36.4 Å². The van der Waals surface area contributed by atoms with Crippen LogP contribution < -0.4 is 20.1 Å². The summed E-state index contributed by atoms with van der Waals surface area (Å²) in [5.41, 5.74) is 1.04. The van der Waals surface area contributed by atoms with Crippen LogP contribution >= 0.6 is 0 Å². The molecule has 1 aromatic rings. The Labute approximate surface area is 160 Å². The van der Waals surface area contributed by atoms with E-state index < -0.39 is 0 Å². The van der Waals surface area contributed by atoms with Gasteiger partial charge < -0.3 is 20.1 Å². The lowest BCUT2D eigenvalue weighted by Crippen LogP contribution is -2.24. The van der Waals surface area contributed by atoms with Gasteiger partial charge in [-0.25, -0.2) is 0 Å². The normalized spacial score (nSPS) is 9.26. The van der Waals surface area contributed by atoms with Crippen molar-refractivity contribution < 1.29 is 19.1 Å². The Morgan fingerprint density at radius 3 is 2.07 bits per heavy atom. The van der Waals surface area contributed by atoms with Crippen LogP contribution in [-0.2, 0) is 11.2 Å². The molecular weight excluding hydrogens is 344 g/mol. The highest BCUT2D eigenvalue weighted by molar-refractivity contribution is 5.95. The number of hydrogen-bond acceptors (Lipinski definition) is 4. The maximum Gasteiger partial charge on any atom is 0.252 e. The van der Waals surface area contributed by atoms with Crippen molar-refractivity contribution in [3.8, 4) is 48.5 Å². The molecule has 0 heterocycles. The number of benzene rings is 1. The summed E-state index contributed by atoms with van der Waals surface area (Å²) in [6, 6.07) is 3.17. The number of carbonyl (C=O) groups is 2. The fourth-order valence-electron chi connectivity index (χ4n) is 2.26. The molecule has 0 unspecified atom stereocenters. The van der Waals surface area contributed by atoms with Gasteiger partial charge in [0.05, 0.1) is 6.54 Å². The average molecular weight is 366 g/mol. The van der Waals surface area contributed by atoms with E-state index in [1.54, 1.807) is 12.1 Å². The highest BCUT2D eigenvalue weighted by atomic mass is 16.5. The van der Waals surface area contributed by atoms with Gasteiger partial charge in [0.15, 0.2) is 0 Å². The van der Waals surface area contributed by atoms with Crippen LogP contribution in [0.4, 0.5) is 0 Å². The Morgan fingerprint density at radius 1 is 1.00 bits per heavy atom. The second kappa shape index (κ2) is 11.9. The molecule has 140 valence electrons. The second-order valence-electron chi connectivity index (χ2n) is 5.41. The lowest BCUT2D eigenvalue weighted by Gasteiger charge is -2.17. The first-order valence-corrected chi connectivity index (χ1v) is 8.29. The molecule has 6 nitrogen and oxygen atoms in total. The molecule has 0 atom stereocenters. The summed E-state index contributed by atoms with van der Waals surface area (Å²) >= 11 is 0. The number of terminal acetylenes is 3. The molecule has 2 amide bonds. The van der Waals surface area contributed by atoms with Crippen molar-refractivity contribution in [3.05, 3.63) is 23.3 Å². The van der Waals surface area contributed by atoms with Crippen LogP contribution in [0.25, 0.3) is 0 Å². The SMILES string of the molecule is C#CCNC(=O)c1cc(OCC#C)c(CCCNC(C)=O)c(OCC#C)c1. The highest BCUT2D eigenvalue weighted by Gasteiger charge is 2.17. The van der Waals surface area contributed by atoms with Crippen molar-refractivity contribution in [1.82, 2.24) is 10.6 Å². The molecule has 27 heavy (non-hydrogen) atoms. The van der Waals surface area contributed by atoms with Crippen molar-refractivity contribution in [1.29, 1.82) is 0 Å². The number of amides is 2. The predicted molar refractivity (Wildman–Crippen MR) is 103 cm³/mol. The fourth-order valence-corrected chi connectivity index (χ4v) is 2.26. The van der Waals surface area contributed by atoms with Gasteiger partial charge in [-0.1, -0.05) is 17.8 Å². The highest BCUT2D eigenvalue weighted by Crippen LogP contribution is 2.32. The van der Waals surface area contributed by atoms with Gasteiger partial charge in [-0.15, -0.1) is 19.3 Å². The van der Waals surface area contributed by atoms with Crippen LogP contribution in [0.3, 0.4) is 0 Å². The lowest BCUT2D eigenvalue weighted by molar-refractivity contribution is -0.118. The van der Waals surface area contributed by atoms with Crippen LogP contribution in [0.2, 0.25) is 0 Å². The van der Waals surface area contributed by atoms with E-state index in [1.807, 2.05) is 0 Å². The van der Waals surface area contributed by atoms with Crippen LogP contribution in [-0.4, -0.2) is 38.1 Å². The summed E-state index contributed by atoms with van der Waals surface area (Å²) in [4.78, 5) is 23.3. The maximum atomic E-state index is 12.3. The molecule has 0 bridgehead atoms. The summed E-state index contributed by atoms with van der Waals surface area (Å²) in [6.45, 7) is 2.10. The third kappa shape index (κ3) is 7.46. The van der Waals surface area contributed by atoms with E-state index >= 15 is 0 Å². The molecule has 0 aliphatic rings. The first-order chi connectivity index (χ1) is 13.0. The third-order valence-electron chi connectivity index (χ3n) is 3.38. The number of rotatable bonds is 10. The zero-order chi connectivity index (χ0) is 20.1. The molecule has 0 spiro atoms. The van der Waals surface area contributed by atoms with Crippen molar-refractivity contribution in [2.45, 2.75) is 19.8 Å². The number of carbonyl (C=O) groups excluding carboxylic acids is 2. The lowest BCUT2D eigenvalue weighted by atomic mass is 10.0. The van der Waals surface area contributed by atoms with Crippen molar-refractivity contribution >= 4 is 11.8 Å². The minimum Gasteiger partial charge on any atom is -0.481 e. The van der Waals surface area contributed by atoms with E-state index in [2.05, 4.69) is 28.4 Å². The standard InChI is InChI=1S/C21H22N2O4/c1-5-10-23-21(25)17-14-19(26-12-6-2)18(9-8-11-22-16(4)24)20(15-17)27-13-7-3/h1-3,14-15H,8-13H2,4H3,(H,22,24)(H,23,25). The van der Waals surface area contributed by atoms with Crippen LogP contribution in [0.5, 0.6) is 11.5 Å². The van der Waals surface area contributed by atoms with Gasteiger partial charge in [0.25, 0.3) is 5.91 Å². The second-order valence-corrected chi connectivity index (χ2v) is 5.41. The molecule has 1 aromatic carbocycles. The van der Waals surface area contributed by atoms with E-state index in [-0.39, 0.29) is 31.6 Å². The maximum absolute atomic E-state index is 12.3. The quantitative estimate of drug-likeness (QED) is 0.481. The molecule has 0 saturated heterocycles. The molecule has 0 aliphatic heterocycles. The summed E-state index contributed by atoms with van der Waals surface area (Å²) in [5.74, 6) is 7.50. The van der Waals surface area contributed by atoms with E-state index in [1.165, 1.54) is 6.92 Å². The molecule has 0 aromatic heterocycles. The first-order valence-electron chi connectivity index (χ1n) is 8.29. The minimum absolute atomic E-state index is 0.0305. The van der Waals surface area contributed by atoms with Gasteiger partial charge in [0.1, 0.15) is 24.7 Å². The number of ether oxygens (including phenoxy) is 2. The van der Waals surface area contributed by atoms with Gasteiger partial charge in [-0.05, 0) is 25.0 Å². The van der Waals surface area contributed by atoms with Gasteiger partial charge in [-0.3, -0.25) is 9.59 Å². The van der Waals surface area contributed by atoms with Crippen LogP contribution in [0, 0.1) is 37.0 Å². The average Bonchev–Trinajstić information content (AvgIpc) is 2.66. The largest absolute Gasteiger partial charge is 0.481 e. The topological polar surface area (TPSA) is 76.7 Å². The van der Waals surface area contributed by atoms with Crippen molar-refractivity contribution in [2.75, 3.05) is 26.3 Å². The van der Waals surface area contributed by atoms with E-state index in [9.17, 15) is 9.59 Å². The molecule has 0 fully saturated rings. The summed E-state index contributed by atoms with van der Waals surface area (Å²) < 4.78 is 11.2. The molecule has 0 saturated carbocycles. The Morgan fingerprint density at radius 2 is 1.59 bits per heavy atom. The Kier molecular flexibility index (Phi) is 9.47. The van der Waals surface area contributed by atoms with Gasteiger partial charge in [0, 0.05) is 24.6 Å². The summed E-state index contributed by atoms with van der Waals surface area (Å²) in [6.07, 6.45) is 16.9. The third-order valence-corrected chi connectivity index (χ3v) is 3.38. The Bertz CT molecular complexity index is 755. The minimum atomic E-state index is -0.367. The monoisotopic (exact) mass is 366 g/mol. The van der Waals surface area contributed by atoms with Crippen molar-refractivity contribution in [2.24, 2.45) is 0 Å². The smallest absolute Gasteiger partial charge is 0.252 e. The van der Waals surface area contributed by atoms with Crippen LogP contribution in [0.15, 0.2) is 12.1 Å². The Balaban J connectivity index is 3.18. The molecule has 0 aliphatic carbocycles. The summed E-state index contributed by atoms with van der Waals surface area (Å²) in [7, 11) is 0. The van der Waals surface area contributed by atoms with Gasteiger partial charge in [-0.2, -0.15) is 0 Å². The molecule has 0 radical (unpaired) electrons.